The largest absolute Gasteiger partial charge is 0.508 e. The number of hydrazine groups is 1. The van der Waals surface area contributed by atoms with Crippen LogP contribution >= 0.6 is 0 Å². The van der Waals surface area contributed by atoms with Gasteiger partial charge in [0.05, 0.1) is 24.9 Å². The lowest BCUT2D eigenvalue weighted by molar-refractivity contribution is -0.155. The number of methoxy groups -OCH3 is 1. The smallest absolute Gasteiger partial charge is 0.324 e. The van der Waals surface area contributed by atoms with Crippen molar-refractivity contribution in [1.82, 2.24) is 35.5 Å². The normalized spacial score (nSPS) is 22.3. The summed E-state index contributed by atoms with van der Waals surface area (Å²) in [7, 11) is 3.32. The number of benzene rings is 2. The highest BCUT2D eigenvalue weighted by atomic mass is 16.5. The fourth-order valence-electron chi connectivity index (χ4n) is 9.64. The molecule has 5 heterocycles. The number of cyclic esters (lactones) is 1. The number of aromatic nitrogens is 2. The first-order chi connectivity index (χ1) is 29.6. The number of phenols is 1. The first-order valence-electron chi connectivity index (χ1n) is 22.1. The molecule has 62 heavy (non-hydrogen) atoms. The minimum atomic E-state index is -1.11. The van der Waals surface area contributed by atoms with Gasteiger partial charge in [-0.1, -0.05) is 46.8 Å². The highest BCUT2D eigenvalue weighted by Crippen LogP contribution is 2.41. The van der Waals surface area contributed by atoms with E-state index in [1.807, 2.05) is 45.2 Å². The summed E-state index contributed by atoms with van der Waals surface area (Å²) in [4.78, 5) is 62.7. The number of nitrogens with one attached hydrogen (secondary N) is 3. The molecular formula is C48H63N7O7. The van der Waals surface area contributed by atoms with Crippen molar-refractivity contribution >= 4 is 34.6 Å². The van der Waals surface area contributed by atoms with Crippen molar-refractivity contribution < 1.29 is 33.8 Å². The monoisotopic (exact) mass is 849 g/mol. The van der Waals surface area contributed by atoms with Crippen LogP contribution in [0.1, 0.15) is 77.5 Å². The average Bonchev–Trinajstić information content (AvgIpc) is 3.81. The molecule has 4 aromatic rings. The molecule has 0 saturated carbocycles. The first kappa shape index (κ1) is 44.7. The molecule has 0 spiro atoms. The van der Waals surface area contributed by atoms with E-state index in [1.54, 1.807) is 32.5 Å². The Morgan fingerprint density at radius 2 is 1.90 bits per heavy atom. The van der Waals surface area contributed by atoms with Gasteiger partial charge in [0, 0.05) is 67.9 Å². The highest BCUT2D eigenvalue weighted by molar-refractivity contribution is 5.96. The van der Waals surface area contributed by atoms with Crippen LogP contribution in [0.15, 0.2) is 54.9 Å². The number of fused-ring (bicyclic) bond motifs is 6. The predicted molar refractivity (Wildman–Crippen MR) is 238 cm³/mol. The van der Waals surface area contributed by atoms with Gasteiger partial charge < -0.3 is 34.7 Å². The summed E-state index contributed by atoms with van der Waals surface area (Å²) in [5.41, 5.74) is 9.92. The van der Waals surface area contributed by atoms with Gasteiger partial charge in [0.15, 0.2) is 0 Å². The maximum absolute atomic E-state index is 14.6. The van der Waals surface area contributed by atoms with Crippen molar-refractivity contribution in [1.29, 1.82) is 0 Å². The van der Waals surface area contributed by atoms with Crippen LogP contribution < -0.4 is 16.1 Å². The molecule has 5 atom stereocenters. The number of esters is 1. The van der Waals surface area contributed by atoms with Crippen molar-refractivity contribution in [2.75, 3.05) is 33.9 Å². The van der Waals surface area contributed by atoms with Gasteiger partial charge in [0.1, 0.15) is 23.9 Å². The van der Waals surface area contributed by atoms with E-state index in [9.17, 15) is 24.3 Å². The fourth-order valence-corrected chi connectivity index (χ4v) is 9.64. The summed E-state index contributed by atoms with van der Waals surface area (Å²) >= 11 is 0. The van der Waals surface area contributed by atoms with E-state index in [-0.39, 0.29) is 36.5 Å². The number of likely N-dealkylation sites (N-methyl/N-ethyl adjacent to an activating group) is 1. The average molecular weight is 850 g/mol. The molecule has 3 aliphatic heterocycles. The minimum Gasteiger partial charge on any atom is -0.508 e. The van der Waals surface area contributed by atoms with E-state index in [2.05, 4.69) is 58.5 Å². The molecule has 332 valence electrons. The highest BCUT2D eigenvalue weighted by Gasteiger charge is 2.40. The van der Waals surface area contributed by atoms with Gasteiger partial charge in [-0.25, -0.2) is 5.43 Å². The van der Waals surface area contributed by atoms with Gasteiger partial charge in [-0.2, -0.15) is 0 Å². The Labute approximate surface area is 364 Å². The minimum absolute atomic E-state index is 0.0137. The van der Waals surface area contributed by atoms with Gasteiger partial charge in [-0.05, 0) is 109 Å². The van der Waals surface area contributed by atoms with Crippen molar-refractivity contribution in [3.63, 3.8) is 0 Å². The maximum atomic E-state index is 14.6. The number of ether oxygens (including phenoxy) is 2. The van der Waals surface area contributed by atoms with Gasteiger partial charge in [-0.3, -0.25) is 29.2 Å². The zero-order chi connectivity index (χ0) is 44.5. The summed E-state index contributed by atoms with van der Waals surface area (Å²) in [5, 5.41) is 20.0. The third-order valence-electron chi connectivity index (χ3n) is 12.8. The van der Waals surface area contributed by atoms with E-state index in [0.29, 0.717) is 44.5 Å². The number of hydrogen-bond acceptors (Lipinski definition) is 10. The Hall–Kier alpha value is -5.31. The Balaban J connectivity index is 1.33. The number of hydrogen-bond donors (Lipinski definition) is 4. The Bertz CT molecular complexity index is 2320. The lowest BCUT2D eigenvalue weighted by atomic mass is 9.84. The zero-order valence-electron chi connectivity index (χ0n) is 37.4. The quantitative estimate of drug-likeness (QED) is 0.161. The molecule has 14 nitrogen and oxygen atoms in total. The second kappa shape index (κ2) is 18.6. The van der Waals surface area contributed by atoms with E-state index >= 15 is 0 Å². The Morgan fingerprint density at radius 3 is 2.61 bits per heavy atom. The molecule has 3 amide bonds. The SMILES string of the molecule is CCn1c(-c2cnccc2COC)c2c3cc(ccc31)-c1cc(O)cc(c1)C[C@H](NC(=O)[C@H](C(C)C)N(C)C(=O)[C@@H]1NCCC1C)C(=O)N1CCC[C@H](N1)C(=O)OCC(C)(C)C2. The molecule has 2 fully saturated rings. The molecule has 4 N–H and O–H groups in total. The van der Waals surface area contributed by atoms with Crippen molar-refractivity contribution in [3.8, 4) is 28.1 Å². The van der Waals surface area contributed by atoms with Crippen LogP contribution in [0.2, 0.25) is 0 Å². The topological polar surface area (TPSA) is 167 Å². The van der Waals surface area contributed by atoms with Crippen molar-refractivity contribution in [2.24, 2.45) is 17.3 Å². The number of phenolic OH excluding ortho intramolecular Hbond substituents is 1. The van der Waals surface area contributed by atoms with Crippen LogP contribution in [0.4, 0.5) is 0 Å². The fraction of sp³-hybridized carbons (Fsp3) is 0.521. The number of aryl methyl sites for hydroxylation is 1. The van der Waals surface area contributed by atoms with Gasteiger partial charge in [0.2, 0.25) is 11.8 Å². The third-order valence-corrected chi connectivity index (χ3v) is 12.8. The Kier molecular flexibility index (Phi) is 13.4. The second-order valence-electron chi connectivity index (χ2n) is 18.5. The molecule has 2 aromatic heterocycles. The number of nitrogens with zero attached hydrogens (tertiary/aromatic N) is 4. The molecule has 1 unspecified atom stereocenters. The molecule has 6 bridgehead atoms. The summed E-state index contributed by atoms with van der Waals surface area (Å²) < 4.78 is 14.0. The van der Waals surface area contributed by atoms with Crippen LogP contribution in [-0.2, 0) is 54.6 Å². The van der Waals surface area contributed by atoms with Gasteiger partial charge >= 0.3 is 5.97 Å². The lowest BCUT2D eigenvalue weighted by Crippen LogP contribution is -2.62. The number of pyridine rings is 1. The molecule has 2 saturated heterocycles. The maximum Gasteiger partial charge on any atom is 0.324 e. The molecular weight excluding hydrogens is 787 g/mol. The lowest BCUT2D eigenvalue weighted by Gasteiger charge is -2.37. The molecule has 0 radical (unpaired) electrons. The van der Waals surface area contributed by atoms with Crippen LogP contribution in [0, 0.1) is 17.3 Å². The summed E-state index contributed by atoms with van der Waals surface area (Å²) in [5.74, 6) is -1.67. The van der Waals surface area contributed by atoms with Crippen LogP contribution in [0.5, 0.6) is 5.75 Å². The number of carbonyl (C=O) groups excluding carboxylic acids is 4. The predicted octanol–water partition coefficient (Wildman–Crippen LogP) is 5.37. The summed E-state index contributed by atoms with van der Waals surface area (Å²) in [6.07, 6.45) is 6.11. The zero-order valence-corrected chi connectivity index (χ0v) is 37.4. The number of carbonyl (C=O) groups is 4. The standard InChI is InChI=1S/C48H63N7O7/c1-9-54-40-13-12-31-23-35(40)36(43(54)37-25-49-16-15-32(37)26-61-8)24-48(5,6)27-62-47(60)38-11-10-18-55(52-38)45(58)39(21-30-19-33(31)22-34(56)20-30)51-44(57)42(28(2)3)53(7)46(59)41-29(4)14-17-50-41/h12-13,15-16,19-20,22-23,25,28-29,38-39,41-42,50,52,56H,9-11,14,17-18,21,24,26-27H2,1-8H3,(H,51,57)/t29?,38-,39-,41+,42-/m0/s1. The molecule has 0 aliphatic carbocycles. The van der Waals surface area contributed by atoms with Crippen LogP contribution in [0.25, 0.3) is 33.3 Å². The van der Waals surface area contributed by atoms with E-state index in [0.717, 1.165) is 57.4 Å². The molecule has 2 aromatic carbocycles. The van der Waals surface area contributed by atoms with Crippen LogP contribution in [0.3, 0.4) is 0 Å². The third kappa shape index (κ3) is 9.23. The van der Waals surface area contributed by atoms with Crippen molar-refractivity contribution in [2.45, 2.75) is 111 Å². The summed E-state index contributed by atoms with van der Waals surface area (Å²) in [6.45, 7) is 14.3. The van der Waals surface area contributed by atoms with Crippen LogP contribution in [-0.4, -0.2) is 106 Å². The van der Waals surface area contributed by atoms with E-state index in [1.165, 1.54) is 9.91 Å². The first-order valence-corrected chi connectivity index (χ1v) is 22.1. The Morgan fingerprint density at radius 1 is 1.11 bits per heavy atom. The molecule has 14 heteroatoms. The van der Waals surface area contributed by atoms with Crippen molar-refractivity contribution in [3.05, 3.63) is 71.5 Å². The van der Waals surface area contributed by atoms with E-state index < -0.39 is 47.4 Å². The van der Waals surface area contributed by atoms with Gasteiger partial charge in [0.25, 0.3) is 5.91 Å². The number of rotatable bonds is 9. The molecule has 3 aliphatic rings. The number of amides is 3. The van der Waals surface area contributed by atoms with E-state index in [4.69, 9.17) is 9.47 Å². The molecule has 7 rings (SSSR count). The summed E-state index contributed by atoms with van der Waals surface area (Å²) in [6, 6.07) is 10.4. The van der Waals surface area contributed by atoms with Gasteiger partial charge in [-0.15, -0.1) is 0 Å². The second-order valence-corrected chi connectivity index (χ2v) is 18.5. The number of aromatic hydroxyl groups is 1.